The van der Waals surface area contributed by atoms with Gasteiger partial charge in [0, 0.05) is 18.6 Å². The highest BCUT2D eigenvalue weighted by Crippen LogP contribution is 2.34. The molecule has 0 aliphatic carbocycles. The molecule has 0 saturated carbocycles. The molecule has 100 valence electrons. The molecule has 3 heteroatoms. The fraction of sp³-hybridized carbons (Fsp3) is 0.600. The Bertz CT molecular complexity index is 409. The van der Waals surface area contributed by atoms with Gasteiger partial charge in [0.25, 0.3) is 0 Å². The second-order valence-corrected chi connectivity index (χ2v) is 5.26. The first-order valence-corrected chi connectivity index (χ1v) is 6.68. The van der Waals surface area contributed by atoms with E-state index in [4.69, 9.17) is 10.5 Å². The number of halogens is 1. The normalized spacial score (nSPS) is 25.4. The lowest BCUT2D eigenvalue weighted by molar-refractivity contribution is 0.0813. The highest BCUT2D eigenvalue weighted by molar-refractivity contribution is 5.32. The molecule has 1 aliphatic rings. The van der Waals surface area contributed by atoms with Crippen molar-refractivity contribution in [3.05, 3.63) is 34.6 Å². The largest absolute Gasteiger partial charge is 0.378 e. The van der Waals surface area contributed by atoms with E-state index in [1.54, 1.807) is 13.8 Å². The van der Waals surface area contributed by atoms with Crippen LogP contribution in [0.4, 0.5) is 4.39 Å². The number of aryl methyl sites for hydroxylation is 2. The Kier molecular flexibility index (Phi) is 4.03. The lowest BCUT2D eigenvalue weighted by atomic mass is 9.86. The van der Waals surface area contributed by atoms with Gasteiger partial charge < -0.3 is 10.5 Å². The first-order chi connectivity index (χ1) is 8.54. The Hall–Kier alpha value is -0.930. The summed E-state index contributed by atoms with van der Waals surface area (Å²) >= 11 is 0. The minimum atomic E-state index is -0.124. The molecule has 0 amide bonds. The summed E-state index contributed by atoms with van der Waals surface area (Å²) in [5.74, 6) is 0.222. The van der Waals surface area contributed by atoms with Crippen molar-refractivity contribution in [3.8, 4) is 0 Å². The van der Waals surface area contributed by atoms with Crippen LogP contribution in [0.5, 0.6) is 0 Å². The van der Waals surface area contributed by atoms with E-state index < -0.39 is 0 Å². The van der Waals surface area contributed by atoms with Crippen molar-refractivity contribution in [2.75, 3.05) is 6.61 Å². The van der Waals surface area contributed by atoms with Gasteiger partial charge in [-0.1, -0.05) is 19.1 Å². The van der Waals surface area contributed by atoms with Crippen molar-refractivity contribution >= 4 is 0 Å². The van der Waals surface area contributed by atoms with Crippen molar-refractivity contribution in [3.63, 3.8) is 0 Å². The van der Waals surface area contributed by atoms with Crippen molar-refractivity contribution in [2.24, 2.45) is 11.7 Å². The molecule has 0 aromatic heterocycles. The van der Waals surface area contributed by atoms with E-state index in [1.807, 2.05) is 12.1 Å². The van der Waals surface area contributed by atoms with Gasteiger partial charge in [-0.05, 0) is 43.4 Å². The molecule has 1 heterocycles. The van der Waals surface area contributed by atoms with Gasteiger partial charge in [0.15, 0.2) is 0 Å². The van der Waals surface area contributed by atoms with Crippen LogP contribution in [0.2, 0.25) is 0 Å². The monoisotopic (exact) mass is 251 g/mol. The van der Waals surface area contributed by atoms with Gasteiger partial charge in [0.05, 0.1) is 6.10 Å². The molecule has 2 N–H and O–H groups in total. The van der Waals surface area contributed by atoms with E-state index in [1.165, 1.54) is 0 Å². The van der Waals surface area contributed by atoms with E-state index in [2.05, 4.69) is 6.92 Å². The maximum atomic E-state index is 13.6. The predicted molar refractivity (Wildman–Crippen MR) is 70.9 cm³/mol. The molecule has 1 aliphatic heterocycles. The summed E-state index contributed by atoms with van der Waals surface area (Å²) < 4.78 is 19.3. The number of hydrogen-bond acceptors (Lipinski definition) is 2. The van der Waals surface area contributed by atoms with Gasteiger partial charge in [-0.3, -0.25) is 0 Å². The first-order valence-electron chi connectivity index (χ1n) is 6.68. The van der Waals surface area contributed by atoms with Gasteiger partial charge in [0.1, 0.15) is 5.82 Å². The van der Waals surface area contributed by atoms with Gasteiger partial charge in [-0.25, -0.2) is 4.39 Å². The zero-order valence-electron chi connectivity index (χ0n) is 11.4. The van der Waals surface area contributed by atoms with Gasteiger partial charge in [-0.2, -0.15) is 0 Å². The Labute approximate surface area is 108 Å². The quantitative estimate of drug-likeness (QED) is 0.895. The maximum Gasteiger partial charge on any atom is 0.129 e. The Morgan fingerprint density at radius 3 is 2.56 bits per heavy atom. The van der Waals surface area contributed by atoms with Crippen LogP contribution < -0.4 is 5.73 Å². The molecule has 0 spiro atoms. The number of ether oxygens (including phenoxy) is 1. The molecule has 1 aromatic rings. The summed E-state index contributed by atoms with van der Waals surface area (Å²) in [6.07, 6.45) is 2.22. The fourth-order valence-electron chi connectivity index (χ4n) is 2.92. The van der Waals surface area contributed by atoms with E-state index in [0.717, 1.165) is 25.0 Å². The predicted octanol–water partition coefficient (Wildman–Crippen LogP) is 3.26. The average Bonchev–Trinajstić information content (AvgIpc) is 2.82. The second-order valence-electron chi connectivity index (χ2n) is 5.26. The van der Waals surface area contributed by atoms with Crippen LogP contribution in [0.3, 0.4) is 0 Å². The third kappa shape index (κ3) is 2.43. The number of benzene rings is 1. The van der Waals surface area contributed by atoms with Crippen molar-refractivity contribution < 1.29 is 9.13 Å². The van der Waals surface area contributed by atoms with Gasteiger partial charge >= 0.3 is 0 Å². The molecule has 2 rings (SSSR count). The summed E-state index contributed by atoms with van der Waals surface area (Å²) in [5, 5.41) is 0. The third-order valence-electron chi connectivity index (χ3n) is 3.97. The molecule has 1 fully saturated rings. The second kappa shape index (κ2) is 5.37. The van der Waals surface area contributed by atoms with Crippen molar-refractivity contribution in [2.45, 2.75) is 45.8 Å². The SMILES string of the molecule is CCC1OCCC1C(N)c1cc(C)c(F)c(C)c1. The molecule has 0 radical (unpaired) electrons. The maximum absolute atomic E-state index is 13.6. The van der Waals surface area contributed by atoms with Crippen molar-refractivity contribution in [1.82, 2.24) is 0 Å². The topological polar surface area (TPSA) is 35.2 Å². The van der Waals surface area contributed by atoms with Crippen LogP contribution in [0.1, 0.15) is 42.5 Å². The Balaban J connectivity index is 2.25. The highest BCUT2D eigenvalue weighted by Gasteiger charge is 2.32. The molecule has 1 aromatic carbocycles. The minimum absolute atomic E-state index is 0.0598. The van der Waals surface area contributed by atoms with Crippen molar-refractivity contribution in [1.29, 1.82) is 0 Å². The Morgan fingerprint density at radius 1 is 1.39 bits per heavy atom. The summed E-state index contributed by atoms with van der Waals surface area (Å²) in [4.78, 5) is 0. The van der Waals surface area contributed by atoms with E-state index in [0.29, 0.717) is 17.0 Å². The van der Waals surface area contributed by atoms with Gasteiger partial charge in [-0.15, -0.1) is 0 Å². The van der Waals surface area contributed by atoms with E-state index in [9.17, 15) is 4.39 Å². The lowest BCUT2D eigenvalue weighted by Gasteiger charge is -2.24. The van der Waals surface area contributed by atoms with Crippen LogP contribution in [0, 0.1) is 25.6 Å². The summed E-state index contributed by atoms with van der Waals surface area (Å²) in [6, 6.07) is 3.69. The van der Waals surface area contributed by atoms with E-state index in [-0.39, 0.29) is 18.0 Å². The molecule has 3 unspecified atom stereocenters. The standard InChI is InChI=1S/C15H22FNO/c1-4-13-12(5-6-18-13)15(17)11-7-9(2)14(16)10(3)8-11/h7-8,12-13,15H,4-6,17H2,1-3H3. The Morgan fingerprint density at radius 2 is 2.00 bits per heavy atom. The van der Waals surface area contributed by atoms with Crippen LogP contribution in [0.15, 0.2) is 12.1 Å². The van der Waals surface area contributed by atoms with Crippen LogP contribution in [-0.4, -0.2) is 12.7 Å². The molecule has 1 saturated heterocycles. The smallest absolute Gasteiger partial charge is 0.129 e. The summed E-state index contributed by atoms with van der Waals surface area (Å²) in [5.41, 5.74) is 8.73. The van der Waals surface area contributed by atoms with Crippen LogP contribution >= 0.6 is 0 Å². The van der Waals surface area contributed by atoms with Crippen LogP contribution in [0.25, 0.3) is 0 Å². The average molecular weight is 251 g/mol. The summed E-state index contributed by atoms with van der Waals surface area (Å²) in [6.45, 7) is 6.49. The minimum Gasteiger partial charge on any atom is -0.378 e. The lowest BCUT2D eigenvalue weighted by Crippen LogP contribution is -2.28. The van der Waals surface area contributed by atoms with Gasteiger partial charge in [0.2, 0.25) is 0 Å². The highest BCUT2D eigenvalue weighted by atomic mass is 19.1. The zero-order valence-corrected chi connectivity index (χ0v) is 11.4. The zero-order chi connectivity index (χ0) is 13.3. The first kappa shape index (κ1) is 13.5. The molecule has 3 atom stereocenters. The number of hydrogen-bond donors (Lipinski definition) is 1. The molecule has 0 bridgehead atoms. The van der Waals surface area contributed by atoms with Crippen LogP contribution in [-0.2, 0) is 4.74 Å². The molecular weight excluding hydrogens is 229 g/mol. The summed E-state index contributed by atoms with van der Waals surface area (Å²) in [7, 11) is 0. The molecule has 2 nitrogen and oxygen atoms in total. The molecular formula is C15H22FNO. The molecule has 18 heavy (non-hydrogen) atoms. The third-order valence-corrected chi connectivity index (χ3v) is 3.97. The number of nitrogens with two attached hydrogens (primary N) is 1. The van der Waals surface area contributed by atoms with E-state index >= 15 is 0 Å². The number of rotatable bonds is 3. The fourth-order valence-corrected chi connectivity index (χ4v) is 2.92.